The fourth-order valence-electron chi connectivity index (χ4n) is 1.79. The van der Waals surface area contributed by atoms with E-state index in [0.29, 0.717) is 5.02 Å². The van der Waals surface area contributed by atoms with Gasteiger partial charge in [0.05, 0.1) is 17.3 Å². The van der Waals surface area contributed by atoms with Crippen molar-refractivity contribution in [2.24, 2.45) is 0 Å². The van der Waals surface area contributed by atoms with Gasteiger partial charge in [0.2, 0.25) is 0 Å². The van der Waals surface area contributed by atoms with Crippen molar-refractivity contribution in [3.63, 3.8) is 0 Å². The van der Waals surface area contributed by atoms with Crippen molar-refractivity contribution in [1.82, 2.24) is 15.1 Å². The molecule has 1 N–H and O–H groups in total. The van der Waals surface area contributed by atoms with Crippen LogP contribution in [0.1, 0.15) is 33.1 Å². The molecule has 1 atom stereocenters. The molecule has 0 bridgehead atoms. The highest BCUT2D eigenvalue weighted by Crippen LogP contribution is 2.13. The number of nitriles is 1. The smallest absolute Gasteiger partial charge is 0.103 e. The third-order valence-electron chi connectivity index (χ3n) is 2.73. The monoisotopic (exact) mass is 254 g/mol. The lowest BCUT2D eigenvalue weighted by atomic mass is 9.96. The van der Waals surface area contributed by atoms with Crippen LogP contribution in [0.3, 0.4) is 0 Å². The molecule has 0 saturated carbocycles. The summed E-state index contributed by atoms with van der Waals surface area (Å²) in [5.41, 5.74) is -0.406. The normalized spacial score (nSPS) is 14.2. The SMILES string of the molecule is CCNC(C)(C#N)CCCCn1cc(Cl)cn1. The molecular formula is C12H19ClN4. The Bertz CT molecular complexity index is 382. The van der Waals surface area contributed by atoms with E-state index in [-0.39, 0.29) is 0 Å². The van der Waals surface area contributed by atoms with Crippen molar-refractivity contribution >= 4 is 11.6 Å². The lowest BCUT2D eigenvalue weighted by Gasteiger charge is -2.22. The molecule has 0 saturated heterocycles. The van der Waals surface area contributed by atoms with Crippen LogP contribution >= 0.6 is 11.6 Å². The first-order chi connectivity index (χ1) is 8.09. The molecule has 5 heteroatoms. The van der Waals surface area contributed by atoms with Gasteiger partial charge in [0.15, 0.2) is 0 Å². The second-order valence-electron chi connectivity index (χ2n) is 4.35. The summed E-state index contributed by atoms with van der Waals surface area (Å²) in [6, 6.07) is 2.33. The Kier molecular flexibility index (Phi) is 5.46. The molecule has 17 heavy (non-hydrogen) atoms. The summed E-state index contributed by atoms with van der Waals surface area (Å²) in [5.74, 6) is 0. The van der Waals surface area contributed by atoms with Crippen LogP contribution in [0, 0.1) is 11.3 Å². The van der Waals surface area contributed by atoms with E-state index in [2.05, 4.69) is 16.5 Å². The van der Waals surface area contributed by atoms with E-state index >= 15 is 0 Å². The molecule has 0 aliphatic heterocycles. The van der Waals surface area contributed by atoms with Gasteiger partial charge in [-0.15, -0.1) is 0 Å². The van der Waals surface area contributed by atoms with E-state index in [1.165, 1.54) is 0 Å². The van der Waals surface area contributed by atoms with Crippen LogP contribution in [0.5, 0.6) is 0 Å². The summed E-state index contributed by atoms with van der Waals surface area (Å²) in [6.45, 7) is 5.63. The number of unbranched alkanes of at least 4 members (excludes halogenated alkanes) is 1. The topological polar surface area (TPSA) is 53.6 Å². The van der Waals surface area contributed by atoms with Gasteiger partial charge in [-0.05, 0) is 32.7 Å². The first kappa shape index (κ1) is 14.0. The van der Waals surface area contributed by atoms with Gasteiger partial charge in [-0.1, -0.05) is 18.5 Å². The zero-order chi connectivity index (χ0) is 12.7. The number of hydrogen-bond acceptors (Lipinski definition) is 3. The summed E-state index contributed by atoms with van der Waals surface area (Å²) in [4.78, 5) is 0. The number of halogens is 1. The first-order valence-electron chi connectivity index (χ1n) is 5.94. The average Bonchev–Trinajstić information content (AvgIpc) is 2.71. The van der Waals surface area contributed by atoms with Crippen LogP contribution < -0.4 is 5.32 Å². The Balaban J connectivity index is 2.26. The van der Waals surface area contributed by atoms with Gasteiger partial charge < -0.3 is 0 Å². The maximum atomic E-state index is 9.09. The van der Waals surface area contributed by atoms with Crippen LogP contribution in [-0.4, -0.2) is 21.9 Å². The van der Waals surface area contributed by atoms with Gasteiger partial charge in [-0.3, -0.25) is 10.00 Å². The largest absolute Gasteiger partial charge is 0.300 e. The van der Waals surface area contributed by atoms with Crippen molar-refractivity contribution < 1.29 is 0 Å². The predicted octanol–water partition coefficient (Wildman–Crippen LogP) is 2.60. The number of nitrogens with zero attached hydrogens (tertiary/aromatic N) is 3. The molecule has 1 rings (SSSR count). The van der Waals surface area contributed by atoms with E-state index in [0.717, 1.165) is 32.4 Å². The molecule has 0 spiro atoms. The Morgan fingerprint density at radius 3 is 2.88 bits per heavy atom. The minimum Gasteiger partial charge on any atom is -0.300 e. The molecule has 1 aromatic heterocycles. The zero-order valence-electron chi connectivity index (χ0n) is 10.4. The molecule has 4 nitrogen and oxygen atoms in total. The lowest BCUT2D eigenvalue weighted by Crippen LogP contribution is -2.40. The molecule has 94 valence electrons. The Morgan fingerprint density at radius 1 is 1.59 bits per heavy atom. The summed E-state index contributed by atoms with van der Waals surface area (Å²) < 4.78 is 1.83. The second-order valence-corrected chi connectivity index (χ2v) is 4.79. The van der Waals surface area contributed by atoms with Crippen molar-refractivity contribution in [3.8, 4) is 6.07 Å². The van der Waals surface area contributed by atoms with E-state index in [1.807, 2.05) is 24.7 Å². The zero-order valence-corrected chi connectivity index (χ0v) is 11.2. The summed E-state index contributed by atoms with van der Waals surface area (Å²) in [7, 11) is 0. The highest BCUT2D eigenvalue weighted by atomic mass is 35.5. The minimum atomic E-state index is -0.406. The number of rotatable bonds is 7. The van der Waals surface area contributed by atoms with Gasteiger partial charge in [-0.25, -0.2) is 0 Å². The summed E-state index contributed by atoms with van der Waals surface area (Å²) in [6.07, 6.45) is 6.30. The van der Waals surface area contributed by atoms with Crippen molar-refractivity contribution in [3.05, 3.63) is 17.4 Å². The maximum absolute atomic E-state index is 9.09. The molecule has 0 aliphatic rings. The molecule has 1 unspecified atom stereocenters. The standard InChI is InChI=1S/C12H19ClN4/c1-3-15-12(2,10-14)6-4-5-7-17-9-11(13)8-16-17/h8-9,15H,3-7H2,1-2H3. The number of nitrogens with one attached hydrogen (secondary N) is 1. The Hall–Kier alpha value is -1.05. The average molecular weight is 255 g/mol. The molecular weight excluding hydrogens is 236 g/mol. The summed E-state index contributed by atoms with van der Waals surface area (Å²) >= 11 is 5.77. The van der Waals surface area contributed by atoms with Crippen LogP contribution in [0.4, 0.5) is 0 Å². The lowest BCUT2D eigenvalue weighted by molar-refractivity contribution is 0.401. The Labute approximate surface area is 108 Å². The van der Waals surface area contributed by atoms with Crippen molar-refractivity contribution in [1.29, 1.82) is 5.26 Å². The van der Waals surface area contributed by atoms with Gasteiger partial charge in [0.25, 0.3) is 0 Å². The number of aromatic nitrogens is 2. The van der Waals surface area contributed by atoms with Gasteiger partial charge in [0.1, 0.15) is 5.54 Å². The van der Waals surface area contributed by atoms with Gasteiger partial charge in [0, 0.05) is 12.7 Å². The number of hydrogen-bond donors (Lipinski definition) is 1. The molecule has 0 aliphatic carbocycles. The van der Waals surface area contributed by atoms with Gasteiger partial charge >= 0.3 is 0 Å². The van der Waals surface area contributed by atoms with Crippen molar-refractivity contribution in [2.45, 2.75) is 45.2 Å². The molecule has 1 aromatic rings. The summed E-state index contributed by atoms with van der Waals surface area (Å²) in [5, 5.41) is 17.1. The third kappa shape index (κ3) is 4.76. The third-order valence-corrected chi connectivity index (χ3v) is 2.92. The molecule has 0 radical (unpaired) electrons. The van der Waals surface area contributed by atoms with E-state index in [4.69, 9.17) is 16.9 Å². The molecule has 0 amide bonds. The predicted molar refractivity (Wildman–Crippen MR) is 68.8 cm³/mol. The van der Waals surface area contributed by atoms with E-state index < -0.39 is 5.54 Å². The highest BCUT2D eigenvalue weighted by Gasteiger charge is 2.21. The van der Waals surface area contributed by atoms with Crippen LogP contribution in [0.15, 0.2) is 12.4 Å². The van der Waals surface area contributed by atoms with Crippen LogP contribution in [-0.2, 0) is 6.54 Å². The van der Waals surface area contributed by atoms with Crippen molar-refractivity contribution in [2.75, 3.05) is 6.54 Å². The van der Waals surface area contributed by atoms with E-state index in [9.17, 15) is 0 Å². The second kappa shape index (κ2) is 6.63. The number of aryl methyl sites for hydroxylation is 1. The fourth-order valence-corrected chi connectivity index (χ4v) is 1.94. The van der Waals surface area contributed by atoms with Crippen LogP contribution in [0.25, 0.3) is 0 Å². The molecule has 0 aromatic carbocycles. The Morgan fingerprint density at radius 2 is 2.35 bits per heavy atom. The fraction of sp³-hybridized carbons (Fsp3) is 0.667. The highest BCUT2D eigenvalue weighted by molar-refractivity contribution is 6.30. The van der Waals surface area contributed by atoms with Gasteiger partial charge in [-0.2, -0.15) is 10.4 Å². The van der Waals surface area contributed by atoms with Crippen LogP contribution in [0.2, 0.25) is 5.02 Å². The quantitative estimate of drug-likeness (QED) is 0.761. The molecule has 0 fully saturated rings. The van der Waals surface area contributed by atoms with E-state index in [1.54, 1.807) is 6.20 Å². The first-order valence-corrected chi connectivity index (χ1v) is 6.31. The maximum Gasteiger partial charge on any atom is 0.103 e. The minimum absolute atomic E-state index is 0.406. The molecule has 1 heterocycles.